The second kappa shape index (κ2) is 12.3. The van der Waals surface area contributed by atoms with Crippen molar-refractivity contribution in [3.05, 3.63) is 0 Å². The Morgan fingerprint density at radius 1 is 1.00 bits per heavy atom. The highest BCUT2D eigenvalue weighted by atomic mass is 32.1. The summed E-state index contributed by atoms with van der Waals surface area (Å²) in [5.41, 5.74) is 0. The summed E-state index contributed by atoms with van der Waals surface area (Å²) in [5.74, 6) is -2.94. The van der Waals surface area contributed by atoms with Crippen molar-refractivity contribution in [3.8, 4) is 0 Å². The van der Waals surface area contributed by atoms with Gasteiger partial charge in [-0.05, 0) is 19.8 Å². The second-order valence-electron chi connectivity index (χ2n) is 5.47. The van der Waals surface area contributed by atoms with Gasteiger partial charge in [-0.2, -0.15) is 12.6 Å². The van der Waals surface area contributed by atoms with Gasteiger partial charge in [0, 0.05) is 18.6 Å². The average Bonchev–Trinajstić information content (AvgIpc) is 2.54. The van der Waals surface area contributed by atoms with Crippen LogP contribution >= 0.6 is 12.6 Å². The molecule has 25 heavy (non-hydrogen) atoms. The first kappa shape index (κ1) is 22.9. The van der Waals surface area contributed by atoms with Crippen molar-refractivity contribution in [2.24, 2.45) is 0 Å². The normalized spacial score (nSPS) is 12.6. The monoisotopic (exact) mass is 375 g/mol. The Labute approximate surface area is 151 Å². The fourth-order valence-corrected chi connectivity index (χ4v) is 2.08. The summed E-state index contributed by atoms with van der Waals surface area (Å²) >= 11 is 3.97. The number of ketones is 1. The van der Waals surface area contributed by atoms with Gasteiger partial charge >= 0.3 is 5.97 Å². The molecule has 0 rings (SSSR count). The number of carbonyl (C=O) groups excluding carboxylic acids is 4. The molecule has 0 spiro atoms. The Morgan fingerprint density at radius 2 is 1.56 bits per heavy atom. The third-order valence-corrected chi connectivity index (χ3v) is 3.48. The molecule has 0 aromatic heterocycles. The molecule has 2 unspecified atom stereocenters. The third-order valence-electron chi connectivity index (χ3n) is 3.12. The van der Waals surface area contributed by atoms with E-state index in [9.17, 15) is 24.0 Å². The molecule has 3 amide bonds. The maximum Gasteiger partial charge on any atom is 0.326 e. The van der Waals surface area contributed by atoms with E-state index in [0.717, 1.165) is 0 Å². The van der Waals surface area contributed by atoms with E-state index in [-0.39, 0.29) is 37.3 Å². The Bertz CT molecular complexity index is 511. The summed E-state index contributed by atoms with van der Waals surface area (Å²) < 4.78 is 0. The van der Waals surface area contributed by atoms with Crippen LogP contribution in [0.3, 0.4) is 0 Å². The van der Waals surface area contributed by atoms with E-state index in [1.165, 1.54) is 6.92 Å². The first-order valence-electron chi connectivity index (χ1n) is 7.90. The SMILES string of the molecule is CCCC(=O)NC(CCC(=O)NC(CS)C(=O)NCC(C)=O)C(=O)O. The topological polar surface area (TPSA) is 142 Å². The van der Waals surface area contributed by atoms with Crippen LogP contribution in [-0.2, 0) is 24.0 Å². The molecule has 0 fully saturated rings. The quantitative estimate of drug-likeness (QED) is 0.284. The predicted octanol–water partition coefficient (Wildman–Crippen LogP) is -0.744. The van der Waals surface area contributed by atoms with Crippen LogP contribution in [0, 0.1) is 0 Å². The molecule has 0 aliphatic rings. The van der Waals surface area contributed by atoms with E-state index in [2.05, 4.69) is 28.6 Å². The molecular weight excluding hydrogens is 350 g/mol. The van der Waals surface area contributed by atoms with E-state index in [1.807, 2.05) is 0 Å². The van der Waals surface area contributed by atoms with Crippen LogP contribution in [0.5, 0.6) is 0 Å². The van der Waals surface area contributed by atoms with Crippen molar-refractivity contribution >= 4 is 42.1 Å². The molecular formula is C15H25N3O6S. The number of hydrogen-bond donors (Lipinski definition) is 5. The van der Waals surface area contributed by atoms with Gasteiger partial charge in [0.25, 0.3) is 0 Å². The van der Waals surface area contributed by atoms with E-state index in [1.54, 1.807) is 6.92 Å². The number of hydrogen-bond acceptors (Lipinski definition) is 6. The Kier molecular flexibility index (Phi) is 11.3. The van der Waals surface area contributed by atoms with E-state index < -0.39 is 35.8 Å². The van der Waals surface area contributed by atoms with Gasteiger partial charge in [-0.25, -0.2) is 4.79 Å². The molecule has 0 radical (unpaired) electrons. The van der Waals surface area contributed by atoms with Gasteiger partial charge in [0.05, 0.1) is 6.54 Å². The molecule has 0 aromatic carbocycles. The van der Waals surface area contributed by atoms with Crippen LogP contribution in [0.1, 0.15) is 39.5 Å². The lowest BCUT2D eigenvalue weighted by molar-refractivity contribution is -0.142. The Balaban J connectivity index is 4.48. The van der Waals surface area contributed by atoms with Crippen LogP contribution in [0.2, 0.25) is 0 Å². The molecule has 2 atom stereocenters. The van der Waals surface area contributed by atoms with Crippen LogP contribution in [0.15, 0.2) is 0 Å². The van der Waals surface area contributed by atoms with Gasteiger partial charge in [0.15, 0.2) is 0 Å². The van der Waals surface area contributed by atoms with E-state index in [4.69, 9.17) is 5.11 Å². The molecule has 0 saturated carbocycles. The van der Waals surface area contributed by atoms with Crippen molar-refractivity contribution in [1.29, 1.82) is 0 Å². The first-order valence-corrected chi connectivity index (χ1v) is 8.54. The van der Waals surface area contributed by atoms with Crippen LogP contribution in [0.4, 0.5) is 0 Å². The van der Waals surface area contributed by atoms with Gasteiger partial charge < -0.3 is 21.1 Å². The van der Waals surface area contributed by atoms with Crippen molar-refractivity contribution < 1.29 is 29.1 Å². The molecule has 142 valence electrons. The molecule has 0 aliphatic carbocycles. The lowest BCUT2D eigenvalue weighted by atomic mass is 10.1. The molecule has 10 heteroatoms. The number of Topliss-reactive ketones (excluding diaryl/α,β-unsaturated/α-hetero) is 1. The Morgan fingerprint density at radius 3 is 2.04 bits per heavy atom. The van der Waals surface area contributed by atoms with Crippen molar-refractivity contribution in [1.82, 2.24) is 16.0 Å². The maximum absolute atomic E-state index is 11.9. The average molecular weight is 375 g/mol. The molecule has 4 N–H and O–H groups in total. The molecule has 0 heterocycles. The highest BCUT2D eigenvalue weighted by Crippen LogP contribution is 2.01. The zero-order chi connectivity index (χ0) is 19.4. The van der Waals surface area contributed by atoms with Gasteiger partial charge in [-0.1, -0.05) is 6.92 Å². The zero-order valence-electron chi connectivity index (χ0n) is 14.3. The molecule has 0 bridgehead atoms. The first-order chi connectivity index (χ1) is 11.7. The summed E-state index contributed by atoms with van der Waals surface area (Å²) in [6, 6.07) is -2.11. The minimum Gasteiger partial charge on any atom is -0.480 e. The fourth-order valence-electron chi connectivity index (χ4n) is 1.82. The minimum atomic E-state index is -1.23. The fraction of sp³-hybridized carbons (Fsp3) is 0.667. The maximum atomic E-state index is 11.9. The second-order valence-corrected chi connectivity index (χ2v) is 5.83. The van der Waals surface area contributed by atoms with Crippen LogP contribution < -0.4 is 16.0 Å². The van der Waals surface area contributed by atoms with Gasteiger partial charge in [0.2, 0.25) is 17.7 Å². The van der Waals surface area contributed by atoms with Gasteiger partial charge in [-0.3, -0.25) is 19.2 Å². The van der Waals surface area contributed by atoms with Gasteiger partial charge in [0.1, 0.15) is 17.9 Å². The Hall–Kier alpha value is -2.10. The molecule has 9 nitrogen and oxygen atoms in total. The predicted molar refractivity (Wildman–Crippen MR) is 93.2 cm³/mol. The number of carboxylic acids is 1. The number of nitrogens with one attached hydrogen (secondary N) is 3. The van der Waals surface area contributed by atoms with Crippen molar-refractivity contribution in [2.75, 3.05) is 12.3 Å². The third kappa shape index (κ3) is 10.4. The summed E-state index contributed by atoms with van der Waals surface area (Å²) in [7, 11) is 0. The zero-order valence-corrected chi connectivity index (χ0v) is 15.2. The number of aliphatic carboxylic acids is 1. The number of rotatable bonds is 12. The number of carboxylic acid groups (broad SMARTS) is 1. The smallest absolute Gasteiger partial charge is 0.326 e. The van der Waals surface area contributed by atoms with E-state index >= 15 is 0 Å². The molecule has 0 aromatic rings. The summed E-state index contributed by atoms with van der Waals surface area (Å²) in [4.78, 5) is 57.2. The standard InChI is InChI=1S/C15H25N3O6S/c1-3-4-12(20)17-10(15(23)24)5-6-13(21)18-11(8-25)14(22)16-7-9(2)19/h10-11,25H,3-8H2,1-2H3,(H,16,22)(H,17,20)(H,18,21)(H,23,24). The largest absolute Gasteiger partial charge is 0.480 e. The number of carbonyl (C=O) groups is 5. The van der Waals surface area contributed by atoms with Crippen LogP contribution in [-0.4, -0.2) is 59.0 Å². The van der Waals surface area contributed by atoms with Crippen molar-refractivity contribution in [2.45, 2.75) is 51.6 Å². The minimum absolute atomic E-state index is 0.0189. The van der Waals surface area contributed by atoms with E-state index in [0.29, 0.717) is 6.42 Å². The highest BCUT2D eigenvalue weighted by Gasteiger charge is 2.23. The van der Waals surface area contributed by atoms with Crippen molar-refractivity contribution in [3.63, 3.8) is 0 Å². The molecule has 0 aliphatic heterocycles. The lowest BCUT2D eigenvalue weighted by Crippen LogP contribution is -2.49. The summed E-state index contributed by atoms with van der Waals surface area (Å²) in [6.07, 6.45) is 0.490. The molecule has 0 saturated heterocycles. The summed E-state index contributed by atoms with van der Waals surface area (Å²) in [6.45, 7) is 2.95. The highest BCUT2D eigenvalue weighted by molar-refractivity contribution is 7.80. The number of thiol groups is 1. The lowest BCUT2D eigenvalue weighted by Gasteiger charge is -2.17. The number of amides is 3. The van der Waals surface area contributed by atoms with Gasteiger partial charge in [-0.15, -0.1) is 0 Å². The van der Waals surface area contributed by atoms with Crippen LogP contribution in [0.25, 0.3) is 0 Å². The summed E-state index contributed by atoms with van der Waals surface area (Å²) in [5, 5.41) is 16.2.